The molecule has 16 heavy (non-hydrogen) atoms. The van der Waals surface area contributed by atoms with Crippen LogP contribution in [0.4, 0.5) is 0 Å². The van der Waals surface area contributed by atoms with Crippen molar-refractivity contribution in [2.45, 2.75) is 13.0 Å². The average molecular weight is 258 g/mol. The van der Waals surface area contributed by atoms with Crippen LogP contribution in [-0.2, 0) is 13.0 Å². The molecule has 2 N–H and O–H groups in total. The van der Waals surface area contributed by atoms with Crippen LogP contribution in [0.3, 0.4) is 0 Å². The molecule has 2 rings (SSSR count). The molecule has 0 aliphatic carbocycles. The number of nitrogens with zero attached hydrogens (tertiary/aromatic N) is 2. The minimum atomic E-state index is 0.237. The van der Waals surface area contributed by atoms with E-state index < -0.39 is 0 Å². The van der Waals surface area contributed by atoms with E-state index in [9.17, 15) is 0 Å². The molecule has 0 aliphatic rings. The molecule has 0 aliphatic heterocycles. The predicted molar refractivity (Wildman–Crippen MR) is 61.5 cm³/mol. The third-order valence-corrected chi connectivity index (χ3v) is 2.63. The molecule has 0 spiro atoms. The van der Waals surface area contributed by atoms with Crippen molar-refractivity contribution >= 4 is 23.2 Å². The Morgan fingerprint density at radius 2 is 1.94 bits per heavy atom. The number of aromatic nitrogens is 2. The zero-order valence-electron chi connectivity index (χ0n) is 8.28. The maximum atomic E-state index is 6.02. The van der Waals surface area contributed by atoms with Crippen molar-refractivity contribution in [3.05, 3.63) is 45.6 Å². The minimum absolute atomic E-state index is 0.237. The lowest BCUT2D eigenvalue weighted by atomic mass is 10.1. The van der Waals surface area contributed by atoms with E-state index in [4.69, 9.17) is 33.4 Å². The topological polar surface area (TPSA) is 64.9 Å². The molecular weight excluding hydrogens is 249 g/mol. The van der Waals surface area contributed by atoms with E-state index in [0.717, 1.165) is 5.56 Å². The summed E-state index contributed by atoms with van der Waals surface area (Å²) in [5, 5.41) is 8.81. The van der Waals surface area contributed by atoms with Crippen molar-refractivity contribution in [2.24, 2.45) is 5.73 Å². The molecule has 0 saturated carbocycles. The molecule has 0 unspecified atom stereocenters. The molecule has 4 nitrogen and oxygen atoms in total. The minimum Gasteiger partial charge on any atom is -0.424 e. The number of nitrogens with two attached hydrogens (primary N) is 1. The molecule has 0 amide bonds. The van der Waals surface area contributed by atoms with Crippen LogP contribution in [-0.4, -0.2) is 10.2 Å². The third-order valence-electron chi connectivity index (χ3n) is 2.04. The predicted octanol–water partition coefficient (Wildman–Crippen LogP) is 2.43. The van der Waals surface area contributed by atoms with E-state index >= 15 is 0 Å². The van der Waals surface area contributed by atoms with Crippen LogP contribution in [0.15, 0.2) is 22.6 Å². The largest absolute Gasteiger partial charge is 0.424 e. The van der Waals surface area contributed by atoms with Gasteiger partial charge >= 0.3 is 0 Å². The van der Waals surface area contributed by atoms with E-state index in [0.29, 0.717) is 28.2 Å². The number of hydrogen-bond donors (Lipinski definition) is 1. The van der Waals surface area contributed by atoms with Gasteiger partial charge < -0.3 is 10.2 Å². The van der Waals surface area contributed by atoms with Gasteiger partial charge in [0.2, 0.25) is 11.8 Å². The molecule has 1 aromatic heterocycles. The first-order valence-electron chi connectivity index (χ1n) is 4.64. The van der Waals surface area contributed by atoms with Crippen molar-refractivity contribution in [3.63, 3.8) is 0 Å². The molecular formula is C10H9Cl2N3O. The molecule has 0 bridgehead atoms. The zero-order chi connectivity index (χ0) is 11.5. The van der Waals surface area contributed by atoms with Crippen LogP contribution in [0.2, 0.25) is 10.0 Å². The summed E-state index contributed by atoms with van der Waals surface area (Å²) in [6, 6.07) is 5.28. The van der Waals surface area contributed by atoms with E-state index in [-0.39, 0.29) is 6.54 Å². The lowest BCUT2D eigenvalue weighted by molar-refractivity contribution is 0.459. The van der Waals surface area contributed by atoms with Gasteiger partial charge in [-0.15, -0.1) is 10.2 Å². The molecule has 1 heterocycles. The molecule has 2 aromatic rings. The van der Waals surface area contributed by atoms with Crippen LogP contribution in [0.5, 0.6) is 0 Å². The van der Waals surface area contributed by atoms with E-state index in [1.54, 1.807) is 12.1 Å². The highest BCUT2D eigenvalue weighted by atomic mass is 35.5. The van der Waals surface area contributed by atoms with Crippen molar-refractivity contribution in [1.29, 1.82) is 0 Å². The second-order valence-electron chi connectivity index (χ2n) is 3.21. The van der Waals surface area contributed by atoms with Crippen LogP contribution in [0, 0.1) is 0 Å². The first kappa shape index (κ1) is 11.4. The highest BCUT2D eigenvalue weighted by Crippen LogP contribution is 2.22. The molecule has 0 saturated heterocycles. The summed E-state index contributed by atoms with van der Waals surface area (Å²) in [6.07, 6.45) is 0.475. The lowest BCUT2D eigenvalue weighted by Crippen LogP contribution is -1.95. The van der Waals surface area contributed by atoms with E-state index in [1.807, 2.05) is 6.07 Å². The highest BCUT2D eigenvalue weighted by Gasteiger charge is 2.08. The van der Waals surface area contributed by atoms with Gasteiger partial charge in [-0.05, 0) is 17.7 Å². The smallest absolute Gasteiger partial charge is 0.230 e. The van der Waals surface area contributed by atoms with Gasteiger partial charge in [-0.2, -0.15) is 0 Å². The third kappa shape index (κ3) is 2.52. The standard InChI is InChI=1S/C10H9Cl2N3O/c11-7-2-1-6(8(12)4-7)3-9-14-15-10(5-13)16-9/h1-2,4H,3,5,13H2. The lowest BCUT2D eigenvalue weighted by Gasteiger charge is -2.00. The summed E-state index contributed by atoms with van der Waals surface area (Å²) in [6.45, 7) is 0.237. The molecule has 0 atom stereocenters. The number of benzene rings is 1. The Morgan fingerprint density at radius 1 is 1.19 bits per heavy atom. The number of halogens is 2. The Labute approximate surface area is 102 Å². The molecule has 0 fully saturated rings. The SMILES string of the molecule is NCc1nnc(Cc2ccc(Cl)cc2Cl)o1. The summed E-state index contributed by atoms with van der Waals surface area (Å²) >= 11 is 11.8. The molecule has 6 heteroatoms. The van der Waals surface area contributed by atoms with Crippen LogP contribution < -0.4 is 5.73 Å². The Balaban J connectivity index is 2.20. The number of rotatable bonds is 3. The van der Waals surface area contributed by atoms with Gasteiger partial charge in [0.25, 0.3) is 0 Å². The average Bonchev–Trinajstić information content (AvgIpc) is 2.70. The van der Waals surface area contributed by atoms with Crippen molar-refractivity contribution in [2.75, 3.05) is 0 Å². The highest BCUT2D eigenvalue weighted by molar-refractivity contribution is 6.35. The normalized spacial score (nSPS) is 10.7. The van der Waals surface area contributed by atoms with Crippen LogP contribution in [0.1, 0.15) is 17.3 Å². The summed E-state index contributed by atoms with van der Waals surface area (Å²) in [5.41, 5.74) is 6.25. The Bertz CT molecular complexity index is 499. The van der Waals surface area contributed by atoms with Crippen LogP contribution >= 0.6 is 23.2 Å². The Morgan fingerprint density at radius 3 is 2.56 bits per heavy atom. The van der Waals surface area contributed by atoms with Gasteiger partial charge in [0.1, 0.15) is 0 Å². The summed E-state index contributed by atoms with van der Waals surface area (Å²) in [4.78, 5) is 0. The van der Waals surface area contributed by atoms with Gasteiger partial charge in [0.05, 0.1) is 13.0 Å². The molecule has 84 valence electrons. The fourth-order valence-corrected chi connectivity index (χ4v) is 1.75. The second-order valence-corrected chi connectivity index (χ2v) is 4.05. The van der Waals surface area contributed by atoms with Gasteiger partial charge in [-0.25, -0.2) is 0 Å². The second kappa shape index (κ2) is 4.82. The zero-order valence-corrected chi connectivity index (χ0v) is 9.79. The first-order chi connectivity index (χ1) is 7.69. The summed E-state index contributed by atoms with van der Waals surface area (Å²) in [5.74, 6) is 0.907. The van der Waals surface area contributed by atoms with Gasteiger partial charge in [0.15, 0.2) is 0 Å². The maximum absolute atomic E-state index is 6.02. The summed E-state index contributed by atoms with van der Waals surface area (Å²) < 4.78 is 5.28. The first-order valence-corrected chi connectivity index (χ1v) is 5.40. The Kier molecular flexibility index (Phi) is 3.43. The van der Waals surface area contributed by atoms with Crippen LogP contribution in [0.25, 0.3) is 0 Å². The maximum Gasteiger partial charge on any atom is 0.230 e. The fourth-order valence-electron chi connectivity index (χ4n) is 1.27. The fraction of sp³-hybridized carbons (Fsp3) is 0.200. The molecule has 1 aromatic carbocycles. The van der Waals surface area contributed by atoms with Crippen molar-refractivity contribution < 1.29 is 4.42 Å². The Hall–Kier alpha value is -1.10. The summed E-state index contributed by atoms with van der Waals surface area (Å²) in [7, 11) is 0. The van der Waals surface area contributed by atoms with E-state index in [2.05, 4.69) is 10.2 Å². The van der Waals surface area contributed by atoms with Gasteiger partial charge in [0, 0.05) is 10.0 Å². The van der Waals surface area contributed by atoms with Gasteiger partial charge in [-0.3, -0.25) is 0 Å². The molecule has 0 radical (unpaired) electrons. The van der Waals surface area contributed by atoms with E-state index in [1.165, 1.54) is 0 Å². The monoisotopic (exact) mass is 257 g/mol. The number of hydrogen-bond acceptors (Lipinski definition) is 4. The van der Waals surface area contributed by atoms with Gasteiger partial charge in [-0.1, -0.05) is 29.3 Å². The quantitative estimate of drug-likeness (QED) is 0.918. The van der Waals surface area contributed by atoms with Crippen molar-refractivity contribution in [3.8, 4) is 0 Å². The van der Waals surface area contributed by atoms with Crippen molar-refractivity contribution in [1.82, 2.24) is 10.2 Å².